The fourth-order valence-electron chi connectivity index (χ4n) is 2.65. The lowest BCUT2D eigenvalue weighted by atomic mass is 10.1. The minimum Gasteiger partial charge on any atom is -0.504 e. The average Bonchev–Trinajstić information content (AvgIpc) is 2.86. The number of thiocarbonyl (C=S) groups is 1. The normalized spacial score (nSPS) is 15.6. The Hall–Kier alpha value is -2.86. The standard InChI is InChI=1S/C19H18N2O3S/c1-3-24-16-10-6-8-13(17(16)22)11-14-18(23)21(19(25)20-14)15-9-5-4-7-12(15)2/h4-11,22H,3H2,1-2H3,(H,20,25)/b14-11+. The molecule has 25 heavy (non-hydrogen) atoms. The molecule has 6 heteroatoms. The van der Waals surface area contributed by atoms with Gasteiger partial charge in [-0.05, 0) is 49.8 Å². The van der Waals surface area contributed by atoms with Crippen LogP contribution in [-0.2, 0) is 4.79 Å². The predicted octanol–water partition coefficient (Wildman–Crippen LogP) is 3.36. The Balaban J connectivity index is 1.97. The number of amides is 1. The zero-order chi connectivity index (χ0) is 18.0. The molecule has 1 fully saturated rings. The molecule has 0 saturated carbocycles. The monoisotopic (exact) mass is 354 g/mol. The van der Waals surface area contributed by atoms with Gasteiger partial charge >= 0.3 is 0 Å². The third kappa shape index (κ3) is 3.21. The first-order chi connectivity index (χ1) is 12.0. The highest BCUT2D eigenvalue weighted by Gasteiger charge is 2.32. The van der Waals surface area contributed by atoms with Gasteiger partial charge in [0.2, 0.25) is 0 Å². The minimum absolute atomic E-state index is 0.00768. The van der Waals surface area contributed by atoms with Gasteiger partial charge in [0.25, 0.3) is 5.91 Å². The number of aryl methyl sites for hydroxylation is 1. The van der Waals surface area contributed by atoms with E-state index in [9.17, 15) is 9.90 Å². The maximum Gasteiger partial charge on any atom is 0.281 e. The summed E-state index contributed by atoms with van der Waals surface area (Å²) in [4.78, 5) is 14.2. The van der Waals surface area contributed by atoms with E-state index in [1.165, 1.54) is 4.90 Å². The summed E-state index contributed by atoms with van der Waals surface area (Å²) in [5.41, 5.74) is 2.47. The van der Waals surface area contributed by atoms with Crippen molar-refractivity contribution < 1.29 is 14.6 Å². The molecule has 0 spiro atoms. The Kier molecular flexibility index (Phi) is 4.72. The third-order valence-corrected chi connectivity index (χ3v) is 4.15. The first kappa shape index (κ1) is 17.0. The third-order valence-electron chi connectivity index (χ3n) is 3.86. The van der Waals surface area contributed by atoms with Crippen LogP contribution < -0.4 is 15.0 Å². The molecular formula is C19H18N2O3S. The number of carbonyl (C=O) groups is 1. The zero-order valence-electron chi connectivity index (χ0n) is 13.9. The Labute approximate surface area is 151 Å². The highest BCUT2D eigenvalue weighted by molar-refractivity contribution is 7.80. The maximum absolute atomic E-state index is 12.8. The van der Waals surface area contributed by atoms with E-state index >= 15 is 0 Å². The summed E-state index contributed by atoms with van der Waals surface area (Å²) in [6, 6.07) is 12.7. The Bertz CT molecular complexity index is 877. The number of rotatable bonds is 4. The molecule has 0 atom stereocenters. The highest BCUT2D eigenvalue weighted by atomic mass is 32.1. The number of ether oxygens (including phenoxy) is 1. The van der Waals surface area contributed by atoms with Crippen molar-refractivity contribution in [3.63, 3.8) is 0 Å². The van der Waals surface area contributed by atoms with Gasteiger partial charge in [-0.25, -0.2) is 0 Å². The molecule has 5 nitrogen and oxygen atoms in total. The number of hydrogen-bond acceptors (Lipinski definition) is 4. The van der Waals surface area contributed by atoms with E-state index in [2.05, 4.69) is 5.32 Å². The van der Waals surface area contributed by atoms with E-state index in [0.29, 0.717) is 28.7 Å². The summed E-state index contributed by atoms with van der Waals surface area (Å²) in [6.07, 6.45) is 1.57. The molecule has 2 aromatic carbocycles. The molecule has 1 saturated heterocycles. The number of phenols is 1. The molecule has 0 bridgehead atoms. The molecule has 1 heterocycles. The van der Waals surface area contributed by atoms with Gasteiger partial charge in [-0.2, -0.15) is 0 Å². The van der Waals surface area contributed by atoms with E-state index in [1.807, 2.05) is 38.1 Å². The molecule has 1 aliphatic heterocycles. The van der Waals surface area contributed by atoms with Crippen LogP contribution in [0.3, 0.4) is 0 Å². The topological polar surface area (TPSA) is 61.8 Å². The largest absolute Gasteiger partial charge is 0.504 e. The van der Waals surface area contributed by atoms with Crippen LogP contribution in [0.5, 0.6) is 11.5 Å². The summed E-state index contributed by atoms with van der Waals surface area (Å²) < 4.78 is 5.38. The number of nitrogens with one attached hydrogen (secondary N) is 1. The van der Waals surface area contributed by atoms with E-state index in [0.717, 1.165) is 11.3 Å². The molecule has 3 rings (SSSR count). The first-order valence-electron chi connectivity index (χ1n) is 7.90. The van der Waals surface area contributed by atoms with Crippen LogP contribution in [0.25, 0.3) is 6.08 Å². The number of para-hydroxylation sites is 2. The van der Waals surface area contributed by atoms with Crippen LogP contribution in [0.1, 0.15) is 18.1 Å². The predicted molar refractivity (Wildman–Crippen MR) is 102 cm³/mol. The van der Waals surface area contributed by atoms with Crippen molar-refractivity contribution in [1.82, 2.24) is 5.32 Å². The molecule has 2 N–H and O–H groups in total. The Morgan fingerprint density at radius 1 is 1.24 bits per heavy atom. The van der Waals surface area contributed by atoms with E-state index in [4.69, 9.17) is 17.0 Å². The van der Waals surface area contributed by atoms with Gasteiger partial charge in [-0.15, -0.1) is 0 Å². The van der Waals surface area contributed by atoms with Crippen molar-refractivity contribution in [2.24, 2.45) is 0 Å². The van der Waals surface area contributed by atoms with Gasteiger partial charge in [-0.3, -0.25) is 9.69 Å². The van der Waals surface area contributed by atoms with Crippen LogP contribution >= 0.6 is 12.2 Å². The number of phenolic OH excluding ortho intramolecular Hbond substituents is 1. The van der Waals surface area contributed by atoms with E-state index < -0.39 is 0 Å². The second-order valence-corrected chi connectivity index (χ2v) is 5.93. The molecular weight excluding hydrogens is 336 g/mol. The number of aromatic hydroxyl groups is 1. The lowest BCUT2D eigenvalue weighted by Gasteiger charge is -2.16. The second-order valence-electron chi connectivity index (χ2n) is 5.54. The summed E-state index contributed by atoms with van der Waals surface area (Å²) in [7, 11) is 0. The number of benzene rings is 2. The molecule has 0 aromatic heterocycles. The van der Waals surface area contributed by atoms with Crippen LogP contribution in [0.2, 0.25) is 0 Å². The Morgan fingerprint density at radius 2 is 2.00 bits per heavy atom. The fourth-order valence-corrected chi connectivity index (χ4v) is 2.94. The molecule has 2 aromatic rings. The smallest absolute Gasteiger partial charge is 0.281 e. The zero-order valence-corrected chi connectivity index (χ0v) is 14.8. The average molecular weight is 354 g/mol. The summed E-state index contributed by atoms with van der Waals surface area (Å²) in [6.45, 7) is 4.20. The molecule has 0 unspecified atom stereocenters. The lowest BCUT2D eigenvalue weighted by Crippen LogP contribution is -2.30. The van der Waals surface area contributed by atoms with Gasteiger partial charge in [0.15, 0.2) is 16.6 Å². The van der Waals surface area contributed by atoms with Crippen LogP contribution in [0, 0.1) is 6.92 Å². The lowest BCUT2D eigenvalue weighted by molar-refractivity contribution is -0.113. The van der Waals surface area contributed by atoms with Gasteiger partial charge in [-0.1, -0.05) is 30.3 Å². The minimum atomic E-state index is -0.263. The van der Waals surface area contributed by atoms with Gasteiger partial charge in [0, 0.05) is 5.56 Å². The van der Waals surface area contributed by atoms with Crippen LogP contribution in [0.4, 0.5) is 5.69 Å². The van der Waals surface area contributed by atoms with Crippen LogP contribution in [0.15, 0.2) is 48.2 Å². The van der Waals surface area contributed by atoms with Gasteiger partial charge in [0.1, 0.15) is 5.70 Å². The summed E-state index contributed by atoms with van der Waals surface area (Å²) >= 11 is 5.32. The van der Waals surface area contributed by atoms with Crippen molar-refractivity contribution in [3.8, 4) is 11.5 Å². The number of carbonyl (C=O) groups excluding carboxylic acids is 1. The summed E-state index contributed by atoms with van der Waals surface area (Å²) in [5, 5.41) is 13.5. The SMILES string of the molecule is CCOc1cccc(/C=C2/NC(=S)N(c3ccccc3C)C2=O)c1O. The van der Waals surface area contributed by atoms with Gasteiger partial charge in [0.05, 0.1) is 12.3 Å². The highest BCUT2D eigenvalue weighted by Crippen LogP contribution is 2.32. The van der Waals surface area contributed by atoms with Crippen LogP contribution in [-0.4, -0.2) is 22.7 Å². The van der Waals surface area contributed by atoms with Gasteiger partial charge < -0.3 is 15.2 Å². The number of anilines is 1. The maximum atomic E-state index is 12.8. The number of hydrogen-bond donors (Lipinski definition) is 2. The van der Waals surface area contributed by atoms with E-state index in [-0.39, 0.29) is 11.7 Å². The fraction of sp³-hybridized carbons (Fsp3) is 0.158. The van der Waals surface area contributed by atoms with Crippen molar-refractivity contribution in [1.29, 1.82) is 0 Å². The van der Waals surface area contributed by atoms with Crippen molar-refractivity contribution in [3.05, 3.63) is 59.3 Å². The molecule has 0 radical (unpaired) electrons. The first-order valence-corrected chi connectivity index (χ1v) is 8.31. The molecule has 1 amide bonds. The van der Waals surface area contributed by atoms with Crippen molar-refractivity contribution >= 4 is 35.0 Å². The molecule has 0 aliphatic carbocycles. The molecule has 1 aliphatic rings. The molecule has 128 valence electrons. The Morgan fingerprint density at radius 3 is 2.72 bits per heavy atom. The summed E-state index contributed by atoms with van der Waals surface area (Å²) in [5.74, 6) is 0.104. The number of nitrogens with zero attached hydrogens (tertiary/aromatic N) is 1. The van der Waals surface area contributed by atoms with Crippen molar-refractivity contribution in [2.45, 2.75) is 13.8 Å². The quantitative estimate of drug-likeness (QED) is 0.651. The second kappa shape index (κ2) is 6.94. The van der Waals surface area contributed by atoms with Crippen molar-refractivity contribution in [2.75, 3.05) is 11.5 Å². The van der Waals surface area contributed by atoms with E-state index in [1.54, 1.807) is 24.3 Å².